The first-order valence-corrected chi connectivity index (χ1v) is 8.50. The summed E-state index contributed by atoms with van der Waals surface area (Å²) in [4.78, 5) is 11.5. The van der Waals surface area contributed by atoms with Crippen LogP contribution in [0.5, 0.6) is 0 Å². The van der Waals surface area contributed by atoms with Gasteiger partial charge in [0, 0.05) is 18.0 Å². The Morgan fingerprint density at radius 1 is 0.880 bits per heavy atom. The molecule has 2 aromatic rings. The van der Waals surface area contributed by atoms with Crippen LogP contribution in [-0.2, 0) is 17.8 Å². The van der Waals surface area contributed by atoms with Gasteiger partial charge in [-0.3, -0.25) is 10.1 Å². The molecule has 0 saturated carbocycles. The Labute approximate surface area is 147 Å². The lowest BCUT2D eigenvalue weighted by Gasteiger charge is -2.33. The molecule has 0 spiro atoms. The standard InChI is InChI=1S/C19H23N3O3/c23-22(24)19-17(20-11-15-7-3-1-4-8-15)13-25-14-18(19)21-12-16-9-5-2-6-10-16/h1-10,17-21H,11-14H2/t17-,18+,19+. The van der Waals surface area contributed by atoms with Crippen LogP contribution in [0.4, 0.5) is 0 Å². The van der Waals surface area contributed by atoms with E-state index >= 15 is 0 Å². The van der Waals surface area contributed by atoms with Crippen molar-refractivity contribution in [1.82, 2.24) is 10.6 Å². The van der Waals surface area contributed by atoms with Crippen molar-refractivity contribution in [1.29, 1.82) is 0 Å². The molecule has 0 amide bonds. The quantitative estimate of drug-likeness (QED) is 0.595. The van der Waals surface area contributed by atoms with E-state index in [0.717, 1.165) is 11.1 Å². The van der Waals surface area contributed by atoms with Gasteiger partial charge in [0.2, 0.25) is 6.04 Å². The summed E-state index contributed by atoms with van der Waals surface area (Å²) in [5.41, 5.74) is 2.20. The van der Waals surface area contributed by atoms with E-state index in [1.807, 2.05) is 60.7 Å². The number of benzene rings is 2. The molecule has 1 aliphatic rings. The van der Waals surface area contributed by atoms with Crippen molar-refractivity contribution < 1.29 is 9.66 Å². The Kier molecular flexibility index (Phi) is 6.11. The summed E-state index contributed by atoms with van der Waals surface area (Å²) in [6, 6.07) is 18.4. The summed E-state index contributed by atoms with van der Waals surface area (Å²) in [5, 5.41) is 18.2. The molecule has 0 radical (unpaired) electrons. The van der Waals surface area contributed by atoms with Crippen molar-refractivity contribution in [2.24, 2.45) is 0 Å². The smallest absolute Gasteiger partial charge is 0.247 e. The molecule has 132 valence electrons. The van der Waals surface area contributed by atoms with Gasteiger partial charge in [-0.2, -0.15) is 0 Å². The van der Waals surface area contributed by atoms with Crippen molar-refractivity contribution in [3.8, 4) is 0 Å². The first kappa shape index (κ1) is 17.5. The van der Waals surface area contributed by atoms with E-state index in [1.165, 1.54) is 0 Å². The first-order valence-electron chi connectivity index (χ1n) is 8.50. The maximum absolute atomic E-state index is 11.7. The second-order valence-corrected chi connectivity index (χ2v) is 6.26. The zero-order valence-electron chi connectivity index (χ0n) is 14.0. The number of hydrogen-bond acceptors (Lipinski definition) is 5. The third kappa shape index (κ3) is 4.85. The fraction of sp³-hybridized carbons (Fsp3) is 0.368. The van der Waals surface area contributed by atoms with Crippen molar-refractivity contribution >= 4 is 0 Å². The average Bonchev–Trinajstić information content (AvgIpc) is 2.66. The van der Waals surface area contributed by atoms with E-state index in [4.69, 9.17) is 4.74 Å². The van der Waals surface area contributed by atoms with E-state index in [1.54, 1.807) is 0 Å². The Morgan fingerprint density at radius 3 is 1.72 bits per heavy atom. The van der Waals surface area contributed by atoms with Crippen LogP contribution in [0, 0.1) is 10.1 Å². The molecule has 25 heavy (non-hydrogen) atoms. The van der Waals surface area contributed by atoms with Gasteiger partial charge in [-0.25, -0.2) is 0 Å². The maximum Gasteiger partial charge on any atom is 0.247 e. The molecule has 0 bridgehead atoms. The summed E-state index contributed by atoms with van der Waals surface area (Å²) < 4.78 is 5.62. The Hall–Kier alpha value is -2.28. The number of hydrogen-bond donors (Lipinski definition) is 2. The van der Waals surface area contributed by atoms with Crippen LogP contribution in [0.3, 0.4) is 0 Å². The molecule has 2 aromatic carbocycles. The lowest BCUT2D eigenvalue weighted by Crippen LogP contribution is -2.61. The van der Waals surface area contributed by atoms with Crippen molar-refractivity contribution in [3.05, 3.63) is 81.9 Å². The molecule has 1 saturated heterocycles. The predicted octanol–water partition coefficient (Wildman–Crippen LogP) is 1.98. The van der Waals surface area contributed by atoms with Gasteiger partial charge in [-0.1, -0.05) is 60.7 Å². The van der Waals surface area contributed by atoms with Crippen LogP contribution < -0.4 is 10.6 Å². The highest BCUT2D eigenvalue weighted by Gasteiger charge is 2.42. The molecule has 1 aliphatic heterocycles. The van der Waals surface area contributed by atoms with Gasteiger partial charge in [0.25, 0.3) is 0 Å². The van der Waals surface area contributed by atoms with E-state index in [9.17, 15) is 10.1 Å². The van der Waals surface area contributed by atoms with Crippen LogP contribution in [-0.4, -0.2) is 36.3 Å². The predicted molar refractivity (Wildman–Crippen MR) is 95.7 cm³/mol. The molecule has 1 fully saturated rings. The number of nitro groups is 1. The van der Waals surface area contributed by atoms with Gasteiger partial charge in [0.1, 0.15) is 12.1 Å². The van der Waals surface area contributed by atoms with Gasteiger partial charge in [-0.15, -0.1) is 0 Å². The SMILES string of the molecule is O=[N+]([O-])[C@@H]1[C@@H](NCc2ccccc2)COC[C@H]1NCc1ccccc1. The number of nitrogens with zero attached hydrogens (tertiary/aromatic N) is 1. The van der Waals surface area contributed by atoms with E-state index < -0.39 is 6.04 Å². The van der Waals surface area contributed by atoms with Gasteiger partial charge in [0.15, 0.2) is 0 Å². The Bertz CT molecular complexity index is 615. The van der Waals surface area contributed by atoms with Crippen molar-refractivity contribution in [2.75, 3.05) is 13.2 Å². The number of rotatable bonds is 7. The Balaban J connectivity index is 1.61. The molecule has 1 heterocycles. The zero-order chi connectivity index (χ0) is 17.5. The van der Waals surface area contributed by atoms with Gasteiger partial charge in [0.05, 0.1) is 13.2 Å². The summed E-state index contributed by atoms with van der Waals surface area (Å²) in [6.07, 6.45) is 0. The summed E-state index contributed by atoms with van der Waals surface area (Å²) in [6.45, 7) is 1.87. The van der Waals surface area contributed by atoms with Crippen LogP contribution in [0.25, 0.3) is 0 Å². The monoisotopic (exact) mass is 341 g/mol. The fourth-order valence-corrected chi connectivity index (χ4v) is 3.14. The Morgan fingerprint density at radius 2 is 1.32 bits per heavy atom. The lowest BCUT2D eigenvalue weighted by atomic mass is 9.98. The molecule has 0 aliphatic carbocycles. The third-order valence-electron chi connectivity index (χ3n) is 4.49. The van der Waals surface area contributed by atoms with Crippen LogP contribution >= 0.6 is 0 Å². The highest BCUT2D eigenvalue weighted by atomic mass is 16.6. The maximum atomic E-state index is 11.7. The largest absolute Gasteiger partial charge is 0.378 e. The molecule has 6 heteroatoms. The van der Waals surface area contributed by atoms with Gasteiger partial charge >= 0.3 is 0 Å². The second-order valence-electron chi connectivity index (χ2n) is 6.26. The van der Waals surface area contributed by atoms with Crippen LogP contribution in [0.1, 0.15) is 11.1 Å². The van der Waals surface area contributed by atoms with E-state index in [2.05, 4.69) is 10.6 Å². The average molecular weight is 341 g/mol. The lowest BCUT2D eigenvalue weighted by molar-refractivity contribution is -0.537. The normalized spacial score (nSPS) is 23.3. The van der Waals surface area contributed by atoms with Crippen LogP contribution in [0.2, 0.25) is 0 Å². The molecule has 0 unspecified atom stereocenters. The minimum absolute atomic E-state index is 0.187. The van der Waals surface area contributed by atoms with E-state index in [-0.39, 0.29) is 17.0 Å². The molecular weight excluding hydrogens is 318 g/mol. The third-order valence-corrected chi connectivity index (χ3v) is 4.49. The van der Waals surface area contributed by atoms with Gasteiger partial charge in [-0.05, 0) is 11.1 Å². The molecule has 0 aromatic heterocycles. The van der Waals surface area contributed by atoms with Gasteiger partial charge < -0.3 is 15.4 Å². The topological polar surface area (TPSA) is 76.4 Å². The summed E-state index contributed by atoms with van der Waals surface area (Å²) in [5.74, 6) is 0. The summed E-state index contributed by atoms with van der Waals surface area (Å²) in [7, 11) is 0. The number of ether oxygens (including phenoxy) is 1. The first-order chi connectivity index (χ1) is 12.2. The zero-order valence-corrected chi connectivity index (χ0v) is 14.0. The minimum atomic E-state index is -0.721. The van der Waals surface area contributed by atoms with Crippen LogP contribution in [0.15, 0.2) is 60.7 Å². The highest BCUT2D eigenvalue weighted by molar-refractivity contribution is 5.15. The molecular formula is C19H23N3O3. The molecule has 6 nitrogen and oxygen atoms in total. The highest BCUT2D eigenvalue weighted by Crippen LogP contribution is 2.14. The molecule has 2 N–H and O–H groups in total. The fourth-order valence-electron chi connectivity index (χ4n) is 3.14. The summed E-state index contributed by atoms with van der Waals surface area (Å²) >= 11 is 0. The van der Waals surface area contributed by atoms with Crippen molar-refractivity contribution in [2.45, 2.75) is 31.2 Å². The van der Waals surface area contributed by atoms with E-state index in [0.29, 0.717) is 26.3 Å². The van der Waals surface area contributed by atoms with Crippen molar-refractivity contribution in [3.63, 3.8) is 0 Å². The molecule has 3 atom stereocenters. The number of nitrogens with one attached hydrogen (secondary N) is 2. The molecule has 3 rings (SSSR count). The second kappa shape index (κ2) is 8.71. The minimum Gasteiger partial charge on any atom is -0.378 e.